The number of rotatable bonds is 4. The third kappa shape index (κ3) is 3.74. The predicted octanol–water partition coefficient (Wildman–Crippen LogP) is 4.99. The average molecular weight is 300 g/mol. The highest BCUT2D eigenvalue weighted by atomic mass is 35.5. The molecule has 0 amide bonds. The summed E-state index contributed by atoms with van der Waals surface area (Å²) >= 11 is 7.79. The van der Waals surface area contributed by atoms with E-state index in [2.05, 4.69) is 39.2 Å². The van der Waals surface area contributed by atoms with E-state index >= 15 is 0 Å². The smallest absolute Gasteiger partial charge is 0.0931 e. The summed E-state index contributed by atoms with van der Waals surface area (Å²) in [4.78, 5) is 1.42. The summed E-state index contributed by atoms with van der Waals surface area (Å²) in [7, 11) is 2.12. The van der Waals surface area contributed by atoms with Crippen LogP contribution in [0.4, 0.5) is 0 Å². The van der Waals surface area contributed by atoms with Crippen molar-refractivity contribution < 1.29 is 0 Å². The Morgan fingerprint density at radius 2 is 2.11 bits per heavy atom. The van der Waals surface area contributed by atoms with Crippen LogP contribution in [-0.4, -0.2) is 13.1 Å². The molecule has 0 aliphatic heterocycles. The maximum Gasteiger partial charge on any atom is 0.0931 e. The van der Waals surface area contributed by atoms with Crippen LogP contribution >= 0.6 is 22.9 Å². The summed E-state index contributed by atoms with van der Waals surface area (Å²) in [5.41, 5.74) is 0.335. The van der Waals surface area contributed by atoms with E-state index in [4.69, 9.17) is 11.6 Å². The van der Waals surface area contributed by atoms with Crippen molar-refractivity contribution in [1.29, 1.82) is 0 Å². The third-order valence-corrected chi connectivity index (χ3v) is 5.98. The number of hydrogen-bond acceptors (Lipinski definition) is 2. The Labute approximate surface area is 126 Å². The summed E-state index contributed by atoms with van der Waals surface area (Å²) in [5.74, 6) is 1.62. The molecule has 0 bridgehead atoms. The second-order valence-electron chi connectivity index (χ2n) is 6.79. The number of nitrogens with one attached hydrogen (secondary N) is 1. The van der Waals surface area contributed by atoms with Gasteiger partial charge in [0.25, 0.3) is 0 Å². The maximum absolute atomic E-state index is 6.06. The van der Waals surface area contributed by atoms with Crippen molar-refractivity contribution >= 4 is 22.9 Å². The molecule has 0 saturated heterocycles. The lowest BCUT2D eigenvalue weighted by molar-refractivity contribution is 0.0987. The topological polar surface area (TPSA) is 12.0 Å². The van der Waals surface area contributed by atoms with Crippen LogP contribution in [0.25, 0.3) is 0 Å². The Bertz CT molecular complexity index is 413. The fraction of sp³-hybridized carbons (Fsp3) is 0.750. The van der Waals surface area contributed by atoms with Gasteiger partial charge < -0.3 is 5.32 Å². The van der Waals surface area contributed by atoms with Crippen molar-refractivity contribution in [2.75, 3.05) is 7.05 Å². The molecule has 1 fully saturated rings. The normalized spacial score (nSPS) is 28.6. The maximum atomic E-state index is 6.06. The van der Waals surface area contributed by atoms with Gasteiger partial charge in [-0.3, -0.25) is 0 Å². The minimum absolute atomic E-state index is 0.335. The zero-order chi connectivity index (χ0) is 14.0. The van der Waals surface area contributed by atoms with Gasteiger partial charge in [-0.15, -0.1) is 11.3 Å². The molecule has 1 saturated carbocycles. The van der Waals surface area contributed by atoms with Crippen LogP contribution in [0, 0.1) is 17.3 Å². The van der Waals surface area contributed by atoms with Gasteiger partial charge in [0.2, 0.25) is 0 Å². The second-order valence-corrected chi connectivity index (χ2v) is 8.59. The van der Waals surface area contributed by atoms with Crippen molar-refractivity contribution in [2.45, 2.75) is 52.5 Å². The van der Waals surface area contributed by atoms with Crippen molar-refractivity contribution in [1.82, 2.24) is 5.32 Å². The average Bonchev–Trinajstić information content (AvgIpc) is 2.73. The van der Waals surface area contributed by atoms with E-state index in [1.165, 1.54) is 24.1 Å². The molecule has 3 atom stereocenters. The molecule has 0 radical (unpaired) electrons. The quantitative estimate of drug-likeness (QED) is 0.825. The number of hydrogen-bond donors (Lipinski definition) is 1. The molecule has 1 aromatic rings. The first-order chi connectivity index (χ1) is 8.92. The molecule has 1 aliphatic carbocycles. The Kier molecular flexibility index (Phi) is 4.97. The minimum atomic E-state index is 0.335. The molecule has 1 heterocycles. The van der Waals surface area contributed by atoms with Crippen molar-refractivity contribution in [3.63, 3.8) is 0 Å². The zero-order valence-corrected chi connectivity index (χ0v) is 14.1. The number of thiophene rings is 1. The van der Waals surface area contributed by atoms with E-state index in [0.717, 1.165) is 22.6 Å². The summed E-state index contributed by atoms with van der Waals surface area (Å²) in [6, 6.07) is 4.87. The lowest BCUT2D eigenvalue weighted by Gasteiger charge is -2.44. The van der Waals surface area contributed by atoms with E-state index in [0.29, 0.717) is 11.5 Å². The fourth-order valence-corrected chi connectivity index (χ4v) is 4.99. The first-order valence-corrected chi connectivity index (χ1v) is 8.53. The van der Waals surface area contributed by atoms with Gasteiger partial charge in [0.15, 0.2) is 0 Å². The lowest BCUT2D eigenvalue weighted by Crippen LogP contribution is -2.46. The highest BCUT2D eigenvalue weighted by Gasteiger charge is 2.38. The SMILES string of the molecule is CNC1CC(C)CCC1C(C)(C)Cc1ccc(Cl)s1. The molecule has 108 valence electrons. The molecule has 1 aliphatic rings. The zero-order valence-electron chi connectivity index (χ0n) is 12.5. The molecule has 0 aromatic carbocycles. The first-order valence-electron chi connectivity index (χ1n) is 7.34. The Morgan fingerprint density at radius 1 is 1.37 bits per heavy atom. The van der Waals surface area contributed by atoms with Crippen LogP contribution in [0.5, 0.6) is 0 Å². The fourth-order valence-electron chi connectivity index (χ4n) is 3.66. The second kappa shape index (κ2) is 6.15. The van der Waals surface area contributed by atoms with Gasteiger partial charge in [0.05, 0.1) is 4.34 Å². The van der Waals surface area contributed by atoms with E-state index in [9.17, 15) is 0 Å². The van der Waals surface area contributed by atoms with Crippen LogP contribution in [0.2, 0.25) is 4.34 Å². The Hall–Kier alpha value is -0.0500. The summed E-state index contributed by atoms with van der Waals surface area (Å²) in [6.45, 7) is 7.23. The van der Waals surface area contributed by atoms with Crippen molar-refractivity contribution in [3.8, 4) is 0 Å². The van der Waals surface area contributed by atoms with E-state index in [1.54, 1.807) is 11.3 Å². The van der Waals surface area contributed by atoms with E-state index in [-0.39, 0.29) is 0 Å². The molecule has 1 nitrogen and oxygen atoms in total. The highest BCUT2D eigenvalue weighted by molar-refractivity contribution is 7.16. The third-order valence-electron chi connectivity index (χ3n) is 4.75. The highest BCUT2D eigenvalue weighted by Crippen LogP contribution is 2.43. The Morgan fingerprint density at radius 3 is 2.68 bits per heavy atom. The van der Waals surface area contributed by atoms with Gasteiger partial charge in [0.1, 0.15) is 0 Å². The van der Waals surface area contributed by atoms with Crippen molar-refractivity contribution in [2.24, 2.45) is 17.3 Å². The van der Waals surface area contributed by atoms with Crippen LogP contribution in [0.3, 0.4) is 0 Å². The van der Waals surface area contributed by atoms with Gasteiger partial charge in [-0.2, -0.15) is 0 Å². The standard InChI is InChI=1S/C16H26ClNS/c1-11-5-7-13(14(9-11)18-4)16(2,3)10-12-6-8-15(17)19-12/h6,8,11,13-14,18H,5,7,9-10H2,1-4H3. The van der Waals surface area contributed by atoms with Gasteiger partial charge in [-0.05, 0) is 55.7 Å². The van der Waals surface area contributed by atoms with Gasteiger partial charge >= 0.3 is 0 Å². The van der Waals surface area contributed by atoms with Gasteiger partial charge in [0, 0.05) is 10.9 Å². The molecular formula is C16H26ClNS. The predicted molar refractivity (Wildman–Crippen MR) is 86.2 cm³/mol. The van der Waals surface area contributed by atoms with Crippen molar-refractivity contribution in [3.05, 3.63) is 21.3 Å². The molecule has 2 rings (SSSR count). The molecular weight excluding hydrogens is 274 g/mol. The van der Waals surface area contributed by atoms with Gasteiger partial charge in [-0.1, -0.05) is 38.8 Å². The molecule has 3 unspecified atom stereocenters. The summed E-state index contributed by atoms with van der Waals surface area (Å²) < 4.78 is 0.910. The van der Waals surface area contributed by atoms with Crippen LogP contribution in [0.15, 0.2) is 12.1 Å². The van der Waals surface area contributed by atoms with Crippen LogP contribution in [0.1, 0.15) is 44.9 Å². The van der Waals surface area contributed by atoms with Gasteiger partial charge in [-0.25, -0.2) is 0 Å². The van der Waals surface area contributed by atoms with E-state index in [1.807, 2.05) is 6.07 Å². The molecule has 1 N–H and O–H groups in total. The largest absolute Gasteiger partial charge is 0.317 e. The number of halogens is 1. The molecule has 0 spiro atoms. The molecule has 3 heteroatoms. The minimum Gasteiger partial charge on any atom is -0.317 e. The van der Waals surface area contributed by atoms with Crippen LogP contribution < -0.4 is 5.32 Å². The molecule has 1 aromatic heterocycles. The first kappa shape index (κ1) is 15.3. The Balaban J connectivity index is 2.09. The monoisotopic (exact) mass is 299 g/mol. The molecule has 19 heavy (non-hydrogen) atoms. The van der Waals surface area contributed by atoms with Crippen LogP contribution in [-0.2, 0) is 6.42 Å². The lowest BCUT2D eigenvalue weighted by atomic mass is 9.65. The van der Waals surface area contributed by atoms with E-state index < -0.39 is 0 Å². The summed E-state index contributed by atoms with van der Waals surface area (Å²) in [5, 5.41) is 3.56. The summed E-state index contributed by atoms with van der Waals surface area (Å²) in [6.07, 6.45) is 5.17.